The van der Waals surface area contributed by atoms with E-state index < -0.39 is 0 Å². The van der Waals surface area contributed by atoms with Crippen molar-refractivity contribution in [2.24, 2.45) is 0 Å². The zero-order valence-electron chi connectivity index (χ0n) is 5.61. The van der Waals surface area contributed by atoms with Crippen LogP contribution >= 0.6 is 12.4 Å². The maximum absolute atomic E-state index is 9.20. The van der Waals surface area contributed by atoms with Gasteiger partial charge in [0, 0.05) is 0 Å². The highest BCUT2D eigenvalue weighted by atomic mass is 35.5. The van der Waals surface area contributed by atoms with Gasteiger partial charge in [0.05, 0.1) is 17.1 Å². The first kappa shape index (κ1) is 7.88. The smallest absolute Gasteiger partial charge is 0.126 e. The Hall–Kier alpha value is -1.22. The lowest BCUT2D eigenvalue weighted by molar-refractivity contribution is 0.481. The van der Waals surface area contributed by atoms with Gasteiger partial charge in [-0.15, -0.1) is 12.4 Å². The third-order valence-electron chi connectivity index (χ3n) is 1.46. The van der Waals surface area contributed by atoms with Crippen LogP contribution in [0, 0.1) is 0 Å². The molecule has 0 saturated carbocycles. The maximum atomic E-state index is 9.20. The van der Waals surface area contributed by atoms with E-state index >= 15 is 0 Å². The van der Waals surface area contributed by atoms with Gasteiger partial charge in [-0.1, -0.05) is 6.07 Å². The van der Waals surface area contributed by atoms with Crippen LogP contribution in [0.1, 0.15) is 0 Å². The van der Waals surface area contributed by atoms with Gasteiger partial charge in [0.25, 0.3) is 0 Å². The fraction of sp³-hybridized carbons (Fsp3) is 0. The molecule has 11 heavy (non-hydrogen) atoms. The Labute approximate surface area is 69.5 Å². The summed E-state index contributed by atoms with van der Waals surface area (Å²) in [5.74, 6) is 0.270. The molecule has 0 aliphatic carbocycles. The fourth-order valence-corrected chi connectivity index (χ4v) is 0.953. The van der Waals surface area contributed by atoms with Gasteiger partial charge >= 0.3 is 0 Å². The van der Waals surface area contributed by atoms with E-state index in [1.165, 1.54) is 0 Å². The lowest BCUT2D eigenvalue weighted by atomic mass is 10.2. The molecule has 0 fully saturated rings. The predicted octanol–water partition coefficient (Wildman–Crippen LogP) is 1.69. The van der Waals surface area contributed by atoms with E-state index in [0.717, 1.165) is 10.9 Å². The predicted molar refractivity (Wildman–Crippen MR) is 45.0 cm³/mol. The molecule has 1 aromatic carbocycles. The van der Waals surface area contributed by atoms with E-state index in [1.807, 2.05) is 6.07 Å². The summed E-state index contributed by atoms with van der Waals surface area (Å²) in [6.07, 6.45) is 1.60. The second-order valence-electron chi connectivity index (χ2n) is 2.11. The summed E-state index contributed by atoms with van der Waals surface area (Å²) in [4.78, 5) is 0. The van der Waals surface area contributed by atoms with Crippen LogP contribution in [0.3, 0.4) is 0 Å². The molecular weight excluding hydrogens is 164 g/mol. The highest BCUT2D eigenvalue weighted by Gasteiger charge is 1.97. The second kappa shape index (κ2) is 2.80. The zero-order valence-corrected chi connectivity index (χ0v) is 6.43. The number of aromatic hydroxyl groups is 1. The van der Waals surface area contributed by atoms with Crippen LogP contribution in [-0.4, -0.2) is 15.3 Å². The van der Waals surface area contributed by atoms with Gasteiger partial charge in [-0.3, -0.25) is 5.10 Å². The van der Waals surface area contributed by atoms with Crippen molar-refractivity contribution in [3.63, 3.8) is 0 Å². The molecule has 4 heteroatoms. The number of nitrogens with zero attached hydrogens (tertiary/aromatic N) is 1. The molecule has 0 spiro atoms. The molecule has 58 valence electrons. The van der Waals surface area contributed by atoms with Crippen LogP contribution in [0.15, 0.2) is 24.4 Å². The number of aromatic amines is 1. The van der Waals surface area contributed by atoms with Crippen molar-refractivity contribution in [3.05, 3.63) is 24.4 Å². The normalized spacial score (nSPS) is 9.45. The number of phenolic OH excluding ortho intramolecular Hbond substituents is 1. The molecule has 0 radical (unpaired) electrons. The Balaban J connectivity index is 0.000000605. The quantitative estimate of drug-likeness (QED) is 0.632. The number of aromatic nitrogens is 2. The number of benzene rings is 1. The number of hydrogen-bond donors (Lipinski definition) is 2. The number of phenols is 1. The lowest BCUT2D eigenvalue weighted by Gasteiger charge is -1.89. The Bertz CT molecular complexity index is 358. The number of rotatable bonds is 0. The van der Waals surface area contributed by atoms with Crippen molar-refractivity contribution in [3.8, 4) is 5.75 Å². The summed E-state index contributed by atoms with van der Waals surface area (Å²) in [6.45, 7) is 0. The van der Waals surface area contributed by atoms with Crippen LogP contribution in [0.25, 0.3) is 10.9 Å². The van der Waals surface area contributed by atoms with Gasteiger partial charge in [-0.2, -0.15) is 5.10 Å². The third-order valence-corrected chi connectivity index (χ3v) is 1.46. The van der Waals surface area contributed by atoms with Crippen LogP contribution in [0.4, 0.5) is 0 Å². The van der Waals surface area contributed by atoms with E-state index in [0.29, 0.717) is 0 Å². The molecule has 0 aliphatic rings. The van der Waals surface area contributed by atoms with Crippen molar-refractivity contribution in [1.82, 2.24) is 10.2 Å². The zero-order chi connectivity index (χ0) is 6.97. The Kier molecular flexibility index (Phi) is 2.01. The highest BCUT2D eigenvalue weighted by Crippen LogP contribution is 2.20. The van der Waals surface area contributed by atoms with Crippen LogP contribution in [0.5, 0.6) is 5.75 Å². The molecule has 1 aromatic heterocycles. The molecule has 0 bridgehead atoms. The average Bonchev–Trinajstić information content (AvgIpc) is 2.36. The molecule has 3 nitrogen and oxygen atoms in total. The minimum atomic E-state index is 0. The Morgan fingerprint density at radius 1 is 1.36 bits per heavy atom. The van der Waals surface area contributed by atoms with Gasteiger partial charge in [-0.25, -0.2) is 0 Å². The largest absolute Gasteiger partial charge is 0.507 e. The number of H-pyrrole nitrogens is 1. The summed E-state index contributed by atoms with van der Waals surface area (Å²) >= 11 is 0. The SMILES string of the molecule is Cl.Oc1cccc2[nH]ncc12. The van der Waals surface area contributed by atoms with E-state index in [9.17, 15) is 5.11 Å². The summed E-state index contributed by atoms with van der Waals surface area (Å²) in [5, 5.41) is 16.5. The Morgan fingerprint density at radius 2 is 2.18 bits per heavy atom. The molecule has 0 saturated heterocycles. The first-order valence-corrected chi connectivity index (χ1v) is 2.99. The van der Waals surface area contributed by atoms with Crippen molar-refractivity contribution >= 4 is 23.3 Å². The fourth-order valence-electron chi connectivity index (χ4n) is 0.953. The molecular formula is C7H7ClN2O. The molecule has 2 aromatic rings. The molecule has 0 aliphatic heterocycles. The van der Waals surface area contributed by atoms with Gasteiger partial charge in [0.1, 0.15) is 5.75 Å². The lowest BCUT2D eigenvalue weighted by Crippen LogP contribution is -1.66. The van der Waals surface area contributed by atoms with Crippen LogP contribution in [0.2, 0.25) is 0 Å². The standard InChI is InChI=1S/C7H6N2O.ClH/c10-7-3-1-2-6-5(7)4-8-9-6;/h1-4,10H,(H,8,9);1H. The van der Waals surface area contributed by atoms with Crippen LogP contribution in [-0.2, 0) is 0 Å². The van der Waals surface area contributed by atoms with Crippen LogP contribution < -0.4 is 0 Å². The van der Waals surface area contributed by atoms with Crippen molar-refractivity contribution in [2.75, 3.05) is 0 Å². The highest BCUT2D eigenvalue weighted by molar-refractivity contribution is 5.85. The number of fused-ring (bicyclic) bond motifs is 1. The number of halogens is 1. The average molecular weight is 171 g/mol. The molecule has 0 amide bonds. The molecule has 0 unspecified atom stereocenters. The summed E-state index contributed by atoms with van der Waals surface area (Å²) < 4.78 is 0. The third kappa shape index (κ3) is 1.14. The first-order chi connectivity index (χ1) is 4.88. The minimum absolute atomic E-state index is 0. The van der Waals surface area contributed by atoms with Gasteiger partial charge in [-0.05, 0) is 12.1 Å². The first-order valence-electron chi connectivity index (χ1n) is 2.99. The monoisotopic (exact) mass is 170 g/mol. The molecule has 2 rings (SSSR count). The van der Waals surface area contributed by atoms with E-state index in [-0.39, 0.29) is 18.2 Å². The van der Waals surface area contributed by atoms with Crippen molar-refractivity contribution < 1.29 is 5.11 Å². The molecule has 2 N–H and O–H groups in total. The van der Waals surface area contributed by atoms with E-state index in [2.05, 4.69) is 10.2 Å². The minimum Gasteiger partial charge on any atom is -0.507 e. The van der Waals surface area contributed by atoms with Gasteiger partial charge < -0.3 is 5.11 Å². The molecule has 1 heterocycles. The van der Waals surface area contributed by atoms with Gasteiger partial charge in [0.2, 0.25) is 0 Å². The summed E-state index contributed by atoms with van der Waals surface area (Å²) in [6, 6.07) is 5.27. The van der Waals surface area contributed by atoms with Crippen molar-refractivity contribution in [1.29, 1.82) is 0 Å². The number of nitrogens with one attached hydrogen (secondary N) is 1. The van der Waals surface area contributed by atoms with Crippen molar-refractivity contribution in [2.45, 2.75) is 0 Å². The topological polar surface area (TPSA) is 48.9 Å². The summed E-state index contributed by atoms with van der Waals surface area (Å²) in [5.41, 5.74) is 0.861. The summed E-state index contributed by atoms with van der Waals surface area (Å²) in [7, 11) is 0. The van der Waals surface area contributed by atoms with Gasteiger partial charge in [0.15, 0.2) is 0 Å². The van der Waals surface area contributed by atoms with E-state index in [1.54, 1.807) is 18.3 Å². The molecule has 0 atom stereocenters. The number of hydrogen-bond acceptors (Lipinski definition) is 2. The Morgan fingerprint density at radius 3 is 2.91 bits per heavy atom. The second-order valence-corrected chi connectivity index (χ2v) is 2.11. The maximum Gasteiger partial charge on any atom is 0.126 e. The van der Waals surface area contributed by atoms with E-state index in [4.69, 9.17) is 0 Å².